The number of carbonyl (C=O) groups excluding carboxylic acids is 1. The second-order valence-corrected chi connectivity index (χ2v) is 18.6. The van der Waals surface area contributed by atoms with E-state index in [0.717, 1.165) is 24.3 Å². The van der Waals surface area contributed by atoms with E-state index in [-0.39, 0.29) is 24.7 Å². The van der Waals surface area contributed by atoms with Gasteiger partial charge in [-0.2, -0.15) is 26.3 Å². The molecule has 0 N–H and O–H groups in total. The Morgan fingerprint density at radius 3 is 0.987 bits per heavy atom. The molecule has 0 atom stereocenters. The van der Waals surface area contributed by atoms with Crippen molar-refractivity contribution in [3.05, 3.63) is 217 Å². The van der Waals surface area contributed by atoms with Gasteiger partial charge in [0.25, 0.3) is 0 Å². The second kappa shape index (κ2) is 20.9. The van der Waals surface area contributed by atoms with Crippen molar-refractivity contribution in [2.24, 2.45) is 0 Å². The summed E-state index contributed by atoms with van der Waals surface area (Å²) in [5.41, 5.74) is -7.24. The molecule has 0 unspecified atom stereocenters. The van der Waals surface area contributed by atoms with Gasteiger partial charge >= 0.3 is 5.97 Å². The van der Waals surface area contributed by atoms with Gasteiger partial charge in [-0.1, -0.05) is 41.4 Å². The van der Waals surface area contributed by atoms with Crippen LogP contribution in [0.5, 0.6) is 34.5 Å². The fourth-order valence-corrected chi connectivity index (χ4v) is 10.3. The number of hydrogen-bond donors (Lipinski definition) is 0. The smallest absolute Gasteiger partial charge is 0.350 e. The van der Waals surface area contributed by atoms with Crippen LogP contribution >= 0.6 is 33.5 Å². The lowest BCUT2D eigenvalue weighted by Crippen LogP contribution is -2.17. The molecule has 0 saturated heterocycles. The molecule has 28 heteroatoms. The summed E-state index contributed by atoms with van der Waals surface area (Å²) in [6, 6.07) is 15.4. The molecule has 0 amide bonds. The van der Waals surface area contributed by atoms with Crippen molar-refractivity contribution in [2.75, 3.05) is 0 Å². The lowest BCUT2D eigenvalue weighted by molar-refractivity contribution is 0.0757. The van der Waals surface area contributed by atoms with E-state index in [1.54, 1.807) is 0 Å². The zero-order chi connectivity index (χ0) is 56.4. The Balaban J connectivity index is 1.63. The highest BCUT2D eigenvalue weighted by Crippen LogP contribution is 2.70. The van der Waals surface area contributed by atoms with Gasteiger partial charge in [-0.3, -0.25) is 0 Å². The maximum absolute atomic E-state index is 16.5. The Labute approximate surface area is 426 Å². The van der Waals surface area contributed by atoms with Gasteiger partial charge in [0.15, 0.2) is 34.8 Å². The molecule has 8 aromatic carbocycles. The average Bonchev–Trinajstić information content (AvgIpc) is 3.43. The Morgan fingerprint density at radius 2 is 0.623 bits per heavy atom. The molecule has 0 bridgehead atoms. The van der Waals surface area contributed by atoms with Gasteiger partial charge in [0.05, 0.1) is 11.1 Å². The molecule has 400 valence electrons. The molecular weight excluding hydrogens is 1150 g/mol. The molecule has 77 heavy (non-hydrogen) atoms. The fraction of sp³-hybridized carbons (Fsp3) is 0. The third-order valence-corrected chi connectivity index (χ3v) is 14.3. The van der Waals surface area contributed by atoms with Crippen LogP contribution in [-0.4, -0.2) is 5.97 Å². The van der Waals surface area contributed by atoms with Crippen LogP contribution in [0.15, 0.2) is 99.6 Å². The molecule has 0 spiro atoms. The minimum Gasteiger partial charge on any atom is -0.447 e. The zero-order valence-electron chi connectivity index (χ0n) is 36.3. The third-order valence-electron chi connectivity index (χ3n) is 10.6. The fourth-order valence-electron chi connectivity index (χ4n) is 7.03. The van der Waals surface area contributed by atoms with Gasteiger partial charge in [-0.25, -0.2) is 66.3 Å². The first-order valence-corrected chi connectivity index (χ1v) is 22.5. The van der Waals surface area contributed by atoms with Crippen LogP contribution in [-0.2, 0) is 4.18 Å². The molecular formula is C49H14Cl2F20O5S. The highest BCUT2D eigenvalue weighted by molar-refractivity contribution is 8.30. The number of carbonyl (C=O) groups is 1. The van der Waals surface area contributed by atoms with Crippen molar-refractivity contribution in [1.82, 2.24) is 0 Å². The summed E-state index contributed by atoms with van der Waals surface area (Å²) in [4.78, 5) is 15.0. The predicted octanol–water partition coefficient (Wildman–Crippen LogP) is 17.9. The normalized spacial score (nSPS) is 11.8. The Bertz CT molecular complexity index is 3600. The van der Waals surface area contributed by atoms with Gasteiger partial charge in [-0.05, 0) is 71.0 Å². The highest BCUT2D eigenvalue weighted by atomic mass is 35.5. The number of benzene rings is 8. The largest absolute Gasteiger partial charge is 0.447 e. The summed E-state index contributed by atoms with van der Waals surface area (Å²) >= 11 is 12.3. The monoisotopic (exact) mass is 1160 g/mol. The van der Waals surface area contributed by atoms with E-state index >= 15 is 48.7 Å². The SMILES string of the molecule is O=C(OS(c1ccccc1)(c1ccc(Cl)cc1)c1ccc(Cl)cc1)c1cc(Oc2c(F)c(F)c(F)c(F)c2F)c(Oc2c(F)c(F)c(F)c(F)c2F)c(Oc2c(F)c(F)c(F)c(F)c2F)c1-c1c(F)c(F)c(F)c(F)c1F. The van der Waals surface area contributed by atoms with E-state index in [1.807, 2.05) is 0 Å². The van der Waals surface area contributed by atoms with Crippen molar-refractivity contribution in [3.8, 4) is 45.6 Å². The van der Waals surface area contributed by atoms with Crippen molar-refractivity contribution in [3.63, 3.8) is 0 Å². The number of rotatable bonds is 12. The summed E-state index contributed by atoms with van der Waals surface area (Å²) in [5.74, 6) is -80.2. The van der Waals surface area contributed by atoms with E-state index in [9.17, 15) is 43.9 Å². The molecule has 0 aliphatic heterocycles. The maximum Gasteiger partial charge on any atom is 0.350 e. The summed E-state index contributed by atoms with van der Waals surface area (Å²) in [5, 5.41) is -0.0549. The lowest BCUT2D eigenvalue weighted by Gasteiger charge is -2.40. The van der Waals surface area contributed by atoms with E-state index in [4.69, 9.17) is 41.6 Å². The summed E-state index contributed by atoms with van der Waals surface area (Å²) in [7, 11) is -4.06. The van der Waals surface area contributed by atoms with Crippen LogP contribution in [0.2, 0.25) is 10.0 Å². The predicted molar refractivity (Wildman–Crippen MR) is 228 cm³/mol. The zero-order valence-corrected chi connectivity index (χ0v) is 38.7. The molecule has 0 heterocycles. The second-order valence-electron chi connectivity index (χ2n) is 15.1. The van der Waals surface area contributed by atoms with Crippen LogP contribution in [0, 0.1) is 116 Å². The van der Waals surface area contributed by atoms with Crippen molar-refractivity contribution in [2.45, 2.75) is 14.7 Å². The molecule has 0 saturated carbocycles. The molecule has 0 aliphatic carbocycles. The minimum atomic E-state index is -4.06. The first kappa shape index (κ1) is 55.4. The molecule has 0 aliphatic rings. The topological polar surface area (TPSA) is 54.0 Å². The Kier molecular flexibility index (Phi) is 15.1. The van der Waals surface area contributed by atoms with Crippen LogP contribution in [0.25, 0.3) is 11.1 Å². The van der Waals surface area contributed by atoms with Crippen LogP contribution in [0.3, 0.4) is 0 Å². The first-order valence-electron chi connectivity index (χ1n) is 20.2. The minimum absolute atomic E-state index is 0.0274. The van der Waals surface area contributed by atoms with Gasteiger partial charge in [0, 0.05) is 36.4 Å². The van der Waals surface area contributed by atoms with Crippen LogP contribution in [0.1, 0.15) is 10.4 Å². The number of ether oxygens (including phenoxy) is 3. The quantitative estimate of drug-likeness (QED) is 0.0693. The maximum atomic E-state index is 16.5. The third kappa shape index (κ3) is 9.29. The van der Waals surface area contributed by atoms with Gasteiger partial charge in [0.1, 0.15) is 0 Å². The molecule has 8 aromatic rings. The summed E-state index contributed by atoms with van der Waals surface area (Å²) in [6.07, 6.45) is 0. The van der Waals surface area contributed by atoms with Crippen LogP contribution in [0.4, 0.5) is 87.8 Å². The first-order chi connectivity index (χ1) is 36.3. The van der Waals surface area contributed by atoms with Crippen LogP contribution < -0.4 is 14.2 Å². The number of hydrogen-bond acceptors (Lipinski definition) is 5. The standard InChI is InChI=1S/C49H14Cl2F20O5S/c50-15-6-10-18(11-7-15)77(17-4-2-1-3-5-17,19-12-8-16(51)9-13-19)76-49(72)20-14-21(73-46-38(66)32(60)29(57)33(61)39(46)67)44(74-47-40(68)34(62)30(58)35(63)41(47)69)45(75-48-42(70)36(64)31(59)37(65)43(48)71)22(20)23-24(52)26(54)28(56)27(55)25(23)53/h1-14H. The van der Waals surface area contributed by atoms with Crippen molar-refractivity contribution < 1.29 is 111 Å². The van der Waals surface area contributed by atoms with E-state index < -0.39 is 190 Å². The highest BCUT2D eigenvalue weighted by Gasteiger charge is 2.43. The average molecular weight is 1170 g/mol. The Hall–Kier alpha value is -7.84. The summed E-state index contributed by atoms with van der Waals surface area (Å²) in [6.45, 7) is 0. The van der Waals surface area contributed by atoms with E-state index in [0.29, 0.717) is 0 Å². The lowest BCUT2D eigenvalue weighted by atomic mass is 9.95. The molecule has 0 fully saturated rings. The molecule has 5 nitrogen and oxygen atoms in total. The Morgan fingerprint density at radius 1 is 0.325 bits per heavy atom. The molecule has 8 rings (SSSR count). The van der Waals surface area contributed by atoms with E-state index in [2.05, 4.69) is 0 Å². The van der Waals surface area contributed by atoms with Crippen molar-refractivity contribution >= 4 is 39.5 Å². The molecule has 0 aromatic heterocycles. The van der Waals surface area contributed by atoms with Gasteiger partial charge < -0.3 is 18.4 Å². The van der Waals surface area contributed by atoms with E-state index in [1.165, 1.54) is 54.6 Å². The molecule has 0 radical (unpaired) electrons. The number of halogens is 22. The van der Waals surface area contributed by atoms with Gasteiger partial charge in [0.2, 0.25) is 116 Å². The van der Waals surface area contributed by atoms with Crippen molar-refractivity contribution in [1.29, 1.82) is 0 Å². The van der Waals surface area contributed by atoms with Gasteiger partial charge in [-0.15, -0.1) is 0 Å². The summed E-state index contributed by atoms with van der Waals surface area (Å²) < 4.78 is 325.